The van der Waals surface area contributed by atoms with Crippen molar-refractivity contribution in [2.75, 3.05) is 6.61 Å². The largest absolute Gasteiger partial charge is 0.462 e. The molecule has 0 aliphatic carbocycles. The van der Waals surface area contributed by atoms with Gasteiger partial charge in [0.1, 0.15) is 11.3 Å². The highest BCUT2D eigenvalue weighted by Crippen LogP contribution is 2.25. The molecule has 4 nitrogen and oxygen atoms in total. The first-order valence-corrected chi connectivity index (χ1v) is 9.27. The molecular weight excluding hydrogens is 399 g/mol. The van der Waals surface area contributed by atoms with Gasteiger partial charge in [-0.25, -0.2) is 9.59 Å². The molecule has 142 valence electrons. The summed E-state index contributed by atoms with van der Waals surface area (Å²) in [5.41, 5.74) is 1.37. The maximum atomic E-state index is 12.4. The van der Waals surface area contributed by atoms with Gasteiger partial charge >= 0.3 is 11.9 Å². The Morgan fingerprint density at radius 2 is 1.50 bits per heavy atom. The van der Waals surface area contributed by atoms with E-state index in [9.17, 15) is 9.59 Å². The average molecular weight is 415 g/mol. The zero-order valence-electron chi connectivity index (χ0n) is 14.7. The maximum Gasteiger partial charge on any atom is 0.345 e. The van der Waals surface area contributed by atoms with Crippen LogP contribution in [0.25, 0.3) is 0 Å². The minimum Gasteiger partial charge on any atom is -0.462 e. The first-order chi connectivity index (χ1) is 13.5. The predicted octanol–water partition coefficient (Wildman–Crippen LogP) is 5.61. The molecule has 0 unspecified atom stereocenters. The summed E-state index contributed by atoms with van der Waals surface area (Å²) in [6.07, 6.45) is 0.592. The summed E-state index contributed by atoms with van der Waals surface area (Å²) in [5.74, 6) is -1.16. The van der Waals surface area contributed by atoms with E-state index in [-0.39, 0.29) is 28.5 Å². The molecule has 0 radical (unpaired) electrons. The summed E-state index contributed by atoms with van der Waals surface area (Å²) >= 11 is 11.9. The topological polar surface area (TPSA) is 52.6 Å². The highest BCUT2D eigenvalue weighted by molar-refractivity contribution is 6.36. The number of halogens is 2. The molecule has 0 N–H and O–H groups in total. The van der Waals surface area contributed by atoms with E-state index in [1.807, 2.05) is 30.3 Å². The number of carbonyl (C=O) groups excluding carboxylic acids is 2. The number of esters is 2. The SMILES string of the molecule is O=C(Oc1ccccc1C(=O)OCCc1ccccc1)c1ccc(Cl)cc1Cl. The van der Waals surface area contributed by atoms with Crippen LogP contribution in [0.15, 0.2) is 72.8 Å². The van der Waals surface area contributed by atoms with E-state index >= 15 is 0 Å². The number of hydrogen-bond acceptors (Lipinski definition) is 4. The molecule has 6 heteroatoms. The lowest BCUT2D eigenvalue weighted by atomic mass is 10.1. The van der Waals surface area contributed by atoms with Gasteiger partial charge in [-0.05, 0) is 35.9 Å². The van der Waals surface area contributed by atoms with Gasteiger partial charge in [0.25, 0.3) is 0 Å². The van der Waals surface area contributed by atoms with Crippen LogP contribution in [0.5, 0.6) is 5.75 Å². The molecular formula is C22H16Cl2O4. The Morgan fingerprint density at radius 3 is 2.25 bits per heavy atom. The van der Waals surface area contributed by atoms with E-state index in [1.165, 1.54) is 30.3 Å². The fraction of sp³-hybridized carbons (Fsp3) is 0.0909. The van der Waals surface area contributed by atoms with Crippen LogP contribution in [0.4, 0.5) is 0 Å². The summed E-state index contributed by atoms with van der Waals surface area (Å²) in [7, 11) is 0. The molecule has 0 atom stereocenters. The molecule has 0 spiro atoms. The van der Waals surface area contributed by atoms with Gasteiger partial charge in [0.05, 0.1) is 17.2 Å². The predicted molar refractivity (Wildman–Crippen MR) is 108 cm³/mol. The van der Waals surface area contributed by atoms with Gasteiger partial charge < -0.3 is 9.47 Å². The number of benzene rings is 3. The van der Waals surface area contributed by atoms with Gasteiger partial charge in [-0.1, -0.05) is 65.7 Å². The third-order valence-corrected chi connectivity index (χ3v) is 4.48. The highest BCUT2D eigenvalue weighted by atomic mass is 35.5. The average Bonchev–Trinajstić information content (AvgIpc) is 2.69. The zero-order valence-corrected chi connectivity index (χ0v) is 16.2. The van der Waals surface area contributed by atoms with Crippen LogP contribution < -0.4 is 4.74 Å². The first-order valence-electron chi connectivity index (χ1n) is 8.52. The van der Waals surface area contributed by atoms with E-state index < -0.39 is 11.9 Å². The normalized spacial score (nSPS) is 10.4. The molecule has 0 bridgehead atoms. The molecule has 0 aromatic heterocycles. The maximum absolute atomic E-state index is 12.4. The van der Waals surface area contributed by atoms with Crippen molar-refractivity contribution in [1.29, 1.82) is 0 Å². The van der Waals surface area contributed by atoms with Crippen LogP contribution in [0.1, 0.15) is 26.3 Å². The number of ether oxygens (including phenoxy) is 2. The third kappa shape index (κ3) is 5.12. The van der Waals surface area contributed by atoms with Crippen molar-refractivity contribution in [1.82, 2.24) is 0 Å². The Morgan fingerprint density at radius 1 is 0.786 bits per heavy atom. The van der Waals surface area contributed by atoms with E-state index in [0.29, 0.717) is 11.4 Å². The van der Waals surface area contributed by atoms with Crippen LogP contribution in [0.2, 0.25) is 10.0 Å². The fourth-order valence-electron chi connectivity index (χ4n) is 2.52. The molecule has 0 fully saturated rings. The van der Waals surface area contributed by atoms with Gasteiger partial charge in [0, 0.05) is 11.4 Å². The molecule has 28 heavy (non-hydrogen) atoms. The standard InChI is InChI=1S/C22H16Cl2O4/c23-16-10-11-17(19(24)14-16)22(26)28-20-9-5-4-8-18(20)21(25)27-13-12-15-6-2-1-3-7-15/h1-11,14H,12-13H2. The Kier molecular flexibility index (Phi) is 6.69. The molecule has 0 aliphatic heterocycles. The Labute approximate surface area is 172 Å². The zero-order chi connectivity index (χ0) is 19.9. The molecule has 0 heterocycles. The van der Waals surface area contributed by atoms with E-state index in [1.54, 1.807) is 12.1 Å². The summed E-state index contributed by atoms with van der Waals surface area (Å²) in [4.78, 5) is 24.8. The number of carbonyl (C=O) groups is 2. The van der Waals surface area contributed by atoms with Crippen LogP contribution in [-0.4, -0.2) is 18.5 Å². The van der Waals surface area contributed by atoms with Crippen LogP contribution in [-0.2, 0) is 11.2 Å². The highest BCUT2D eigenvalue weighted by Gasteiger charge is 2.19. The minimum absolute atomic E-state index is 0.100. The summed E-state index contributed by atoms with van der Waals surface area (Å²) in [6.45, 7) is 0.216. The van der Waals surface area contributed by atoms with Crippen molar-refractivity contribution in [3.05, 3.63) is 99.5 Å². The molecule has 3 rings (SSSR count). The van der Waals surface area contributed by atoms with Crippen LogP contribution in [0.3, 0.4) is 0 Å². The quantitative estimate of drug-likeness (QED) is 0.388. The van der Waals surface area contributed by atoms with Gasteiger partial charge in [-0.15, -0.1) is 0 Å². The smallest absolute Gasteiger partial charge is 0.345 e. The Balaban J connectivity index is 1.68. The number of para-hydroxylation sites is 1. The van der Waals surface area contributed by atoms with E-state index in [0.717, 1.165) is 5.56 Å². The van der Waals surface area contributed by atoms with Gasteiger partial charge in [-0.3, -0.25) is 0 Å². The van der Waals surface area contributed by atoms with Crippen molar-refractivity contribution < 1.29 is 19.1 Å². The first kappa shape index (κ1) is 19.9. The Hall–Kier alpha value is -2.82. The monoisotopic (exact) mass is 414 g/mol. The molecule has 0 amide bonds. The lowest BCUT2D eigenvalue weighted by Crippen LogP contribution is -2.14. The number of hydrogen-bond donors (Lipinski definition) is 0. The third-order valence-electron chi connectivity index (χ3n) is 3.93. The van der Waals surface area contributed by atoms with Crippen molar-refractivity contribution in [3.8, 4) is 5.75 Å². The fourth-order valence-corrected chi connectivity index (χ4v) is 3.00. The summed E-state index contributed by atoms with van der Waals surface area (Å²) in [5, 5.41) is 0.573. The van der Waals surface area contributed by atoms with Crippen molar-refractivity contribution in [3.63, 3.8) is 0 Å². The molecule has 3 aromatic rings. The van der Waals surface area contributed by atoms with Crippen molar-refractivity contribution in [2.45, 2.75) is 6.42 Å². The lowest BCUT2D eigenvalue weighted by molar-refractivity contribution is 0.0504. The van der Waals surface area contributed by atoms with Crippen molar-refractivity contribution in [2.24, 2.45) is 0 Å². The van der Waals surface area contributed by atoms with Crippen molar-refractivity contribution >= 4 is 35.1 Å². The summed E-state index contributed by atoms with van der Waals surface area (Å²) < 4.78 is 10.7. The second kappa shape index (κ2) is 9.40. The van der Waals surface area contributed by atoms with Gasteiger partial charge in [-0.2, -0.15) is 0 Å². The van der Waals surface area contributed by atoms with Gasteiger partial charge in [0.15, 0.2) is 0 Å². The lowest BCUT2D eigenvalue weighted by Gasteiger charge is -2.11. The van der Waals surface area contributed by atoms with E-state index in [4.69, 9.17) is 32.7 Å². The minimum atomic E-state index is -0.689. The van der Waals surface area contributed by atoms with Gasteiger partial charge in [0.2, 0.25) is 0 Å². The number of rotatable bonds is 6. The van der Waals surface area contributed by atoms with Crippen LogP contribution in [0, 0.1) is 0 Å². The second-order valence-corrected chi connectivity index (χ2v) is 6.73. The second-order valence-electron chi connectivity index (χ2n) is 5.88. The molecule has 0 aliphatic rings. The Bertz CT molecular complexity index is 987. The molecule has 0 saturated heterocycles. The van der Waals surface area contributed by atoms with E-state index in [2.05, 4.69) is 0 Å². The molecule has 0 saturated carbocycles. The molecule has 3 aromatic carbocycles. The van der Waals surface area contributed by atoms with Crippen LogP contribution >= 0.6 is 23.2 Å². The summed E-state index contributed by atoms with van der Waals surface area (Å²) in [6, 6.07) is 20.5.